The summed E-state index contributed by atoms with van der Waals surface area (Å²) in [6.07, 6.45) is -5.56. The molecule has 0 unspecified atom stereocenters. The third kappa shape index (κ3) is 4.86. The molecular weight excluding hydrogens is 419 g/mol. The van der Waals surface area contributed by atoms with Crippen LogP contribution in [0.25, 0.3) is 10.6 Å². The van der Waals surface area contributed by atoms with Gasteiger partial charge in [-0.25, -0.2) is 14.8 Å². The number of aryl methyl sites for hydroxylation is 1. The first-order chi connectivity index (χ1) is 13.2. The van der Waals surface area contributed by atoms with Crippen molar-refractivity contribution in [3.8, 4) is 10.6 Å². The third-order valence-corrected chi connectivity index (χ3v) is 6.05. The van der Waals surface area contributed by atoms with Gasteiger partial charge in [0, 0.05) is 18.5 Å². The molecule has 0 saturated carbocycles. The van der Waals surface area contributed by atoms with E-state index in [9.17, 15) is 22.8 Å². The molecule has 0 spiro atoms. The van der Waals surface area contributed by atoms with Crippen molar-refractivity contribution in [1.29, 1.82) is 0 Å². The Morgan fingerprint density at radius 2 is 2.04 bits per heavy atom. The Kier molecular flexibility index (Phi) is 6.01. The van der Waals surface area contributed by atoms with Crippen LogP contribution < -0.4 is 0 Å². The first-order valence-electron chi connectivity index (χ1n) is 8.19. The summed E-state index contributed by atoms with van der Waals surface area (Å²) in [6.45, 7) is 0.113. The number of thiazole rings is 2. The van der Waals surface area contributed by atoms with Gasteiger partial charge in [0.15, 0.2) is 6.61 Å². The number of rotatable bonds is 6. The number of alkyl halides is 3. The predicted molar refractivity (Wildman–Crippen MR) is 95.1 cm³/mol. The Morgan fingerprint density at radius 1 is 1.32 bits per heavy atom. The molecule has 0 aliphatic carbocycles. The van der Waals surface area contributed by atoms with E-state index >= 15 is 0 Å². The van der Waals surface area contributed by atoms with Gasteiger partial charge in [-0.2, -0.15) is 13.2 Å². The van der Waals surface area contributed by atoms with Crippen LogP contribution in [0.3, 0.4) is 0 Å². The molecule has 3 heterocycles. The zero-order valence-corrected chi connectivity index (χ0v) is 16.3. The minimum absolute atomic E-state index is 0.0432. The fraction of sp³-hybridized carbons (Fsp3) is 0.500. The lowest BCUT2D eigenvalue weighted by Gasteiger charge is -2.37. The number of Topliss-reactive ketones (excluding diaryl/α,β-unsaturated/α-hetero) is 1. The number of halogens is 3. The van der Waals surface area contributed by atoms with Crippen molar-refractivity contribution in [3.63, 3.8) is 0 Å². The summed E-state index contributed by atoms with van der Waals surface area (Å²) in [5, 5.41) is 12.2. The molecule has 1 fully saturated rings. The minimum Gasteiger partial charge on any atom is -0.440 e. The highest BCUT2D eigenvalue weighted by Gasteiger charge is 2.38. The van der Waals surface area contributed by atoms with Crippen molar-refractivity contribution >= 4 is 34.6 Å². The Bertz CT molecular complexity index is 875. The number of hydrogen-bond donors (Lipinski definition) is 1. The quantitative estimate of drug-likeness (QED) is 0.750. The van der Waals surface area contributed by atoms with Gasteiger partial charge in [-0.05, 0) is 6.92 Å². The predicted octanol–water partition coefficient (Wildman–Crippen LogP) is 2.81. The number of nitrogens with zero attached hydrogens (tertiary/aromatic N) is 3. The second-order valence-corrected chi connectivity index (χ2v) is 8.25. The van der Waals surface area contributed by atoms with Gasteiger partial charge in [0.05, 0.1) is 35.2 Å². The molecule has 2 aromatic rings. The molecule has 1 aliphatic rings. The topological polar surface area (TPSA) is 92.6 Å². The van der Waals surface area contributed by atoms with E-state index in [4.69, 9.17) is 5.11 Å². The zero-order chi connectivity index (χ0) is 20.5. The van der Waals surface area contributed by atoms with Gasteiger partial charge in [-0.15, -0.1) is 22.7 Å². The number of aliphatic hydroxyl groups is 1. The number of amides is 1. The van der Waals surface area contributed by atoms with E-state index in [1.54, 1.807) is 0 Å². The van der Waals surface area contributed by atoms with Gasteiger partial charge in [0.2, 0.25) is 0 Å². The average molecular weight is 435 g/mol. The molecule has 2 aromatic heterocycles. The van der Waals surface area contributed by atoms with Crippen molar-refractivity contribution in [3.05, 3.63) is 21.1 Å². The minimum atomic E-state index is -4.58. The highest BCUT2D eigenvalue weighted by atomic mass is 32.1. The molecule has 3 rings (SSSR count). The zero-order valence-electron chi connectivity index (χ0n) is 14.7. The van der Waals surface area contributed by atoms with Gasteiger partial charge in [0.25, 0.3) is 0 Å². The monoisotopic (exact) mass is 435 g/mol. The van der Waals surface area contributed by atoms with Crippen molar-refractivity contribution in [2.24, 2.45) is 5.92 Å². The van der Waals surface area contributed by atoms with E-state index in [2.05, 4.69) is 14.7 Å². The Balaban J connectivity index is 1.51. The van der Waals surface area contributed by atoms with Crippen molar-refractivity contribution in [1.82, 2.24) is 14.9 Å². The van der Waals surface area contributed by atoms with E-state index < -0.39 is 24.8 Å². The highest BCUT2D eigenvalue weighted by Crippen LogP contribution is 2.31. The van der Waals surface area contributed by atoms with Crippen LogP contribution in [0.4, 0.5) is 18.0 Å². The van der Waals surface area contributed by atoms with E-state index in [-0.39, 0.29) is 31.9 Å². The number of likely N-dealkylation sites (tertiary alicyclic amines) is 1. The first-order valence-corrected chi connectivity index (χ1v) is 9.89. The van der Waals surface area contributed by atoms with Crippen LogP contribution >= 0.6 is 22.7 Å². The van der Waals surface area contributed by atoms with Gasteiger partial charge in [0.1, 0.15) is 15.8 Å². The molecule has 0 radical (unpaired) electrons. The van der Waals surface area contributed by atoms with E-state index in [0.717, 1.165) is 15.5 Å². The number of hydrogen-bond acceptors (Lipinski definition) is 8. The van der Waals surface area contributed by atoms with Crippen LogP contribution in [0.1, 0.15) is 15.7 Å². The van der Waals surface area contributed by atoms with Gasteiger partial charge >= 0.3 is 12.3 Å². The van der Waals surface area contributed by atoms with E-state index in [0.29, 0.717) is 15.7 Å². The second kappa shape index (κ2) is 8.13. The molecular formula is C16H16F3N3O4S2. The van der Waals surface area contributed by atoms with Crippen LogP contribution in [-0.4, -0.2) is 57.7 Å². The SMILES string of the molecule is Cc1nc(CO)sc1-c1csc(CC(=O)C2CN(C(=O)OCC(F)(F)F)C2)n1. The molecule has 1 amide bonds. The van der Waals surface area contributed by atoms with Crippen LogP contribution in [0.15, 0.2) is 5.38 Å². The molecule has 12 heteroatoms. The summed E-state index contributed by atoms with van der Waals surface area (Å²) in [5.74, 6) is -0.560. The van der Waals surface area contributed by atoms with Crippen LogP contribution in [0, 0.1) is 12.8 Å². The summed E-state index contributed by atoms with van der Waals surface area (Å²) in [5.41, 5.74) is 1.44. The molecule has 1 aliphatic heterocycles. The van der Waals surface area contributed by atoms with Crippen molar-refractivity contribution < 1.29 is 32.6 Å². The summed E-state index contributed by atoms with van der Waals surface area (Å²) in [6, 6.07) is 0. The Labute approximate surface area is 165 Å². The standard InChI is InChI=1S/C16H16F3N3O4S2/c1-8-14(28-13(5-23)20-8)10-6-27-12(21-10)2-11(24)9-3-22(4-9)15(25)26-7-16(17,18)19/h6,9,23H,2-5,7H2,1H3. The molecule has 28 heavy (non-hydrogen) atoms. The maximum absolute atomic E-state index is 12.3. The lowest BCUT2D eigenvalue weighted by atomic mass is 9.94. The van der Waals surface area contributed by atoms with Crippen LogP contribution in [0.5, 0.6) is 0 Å². The fourth-order valence-electron chi connectivity index (χ4n) is 2.61. The van der Waals surface area contributed by atoms with Gasteiger partial charge in [-0.3, -0.25) is 4.79 Å². The highest BCUT2D eigenvalue weighted by molar-refractivity contribution is 7.16. The third-order valence-electron chi connectivity index (χ3n) is 4.04. The summed E-state index contributed by atoms with van der Waals surface area (Å²) < 4.78 is 40.3. The summed E-state index contributed by atoms with van der Waals surface area (Å²) in [4.78, 5) is 34.4. The molecule has 1 N–H and O–H groups in total. The number of carbonyl (C=O) groups excluding carboxylic acids is 2. The molecule has 0 aromatic carbocycles. The van der Waals surface area contributed by atoms with E-state index in [1.165, 1.54) is 22.7 Å². The number of ketones is 1. The number of aliphatic hydroxyl groups excluding tert-OH is 1. The second-order valence-electron chi connectivity index (χ2n) is 6.22. The largest absolute Gasteiger partial charge is 0.440 e. The average Bonchev–Trinajstić information content (AvgIpc) is 3.17. The normalized spacial score (nSPS) is 14.8. The Morgan fingerprint density at radius 3 is 2.64 bits per heavy atom. The lowest BCUT2D eigenvalue weighted by Crippen LogP contribution is -2.53. The molecule has 0 atom stereocenters. The molecule has 7 nitrogen and oxygen atoms in total. The number of ether oxygens (including phenoxy) is 1. The maximum Gasteiger partial charge on any atom is 0.422 e. The number of carbonyl (C=O) groups is 2. The Hall–Kier alpha value is -2.05. The summed E-state index contributed by atoms with van der Waals surface area (Å²) in [7, 11) is 0. The fourth-order valence-corrected chi connectivity index (χ4v) is 4.37. The van der Waals surface area contributed by atoms with Crippen LogP contribution in [-0.2, 0) is 22.6 Å². The lowest BCUT2D eigenvalue weighted by molar-refractivity contribution is -0.164. The van der Waals surface area contributed by atoms with Gasteiger partial charge in [-0.1, -0.05) is 0 Å². The number of aromatic nitrogens is 2. The molecule has 0 bridgehead atoms. The maximum atomic E-state index is 12.3. The van der Waals surface area contributed by atoms with Crippen LogP contribution in [0.2, 0.25) is 0 Å². The smallest absolute Gasteiger partial charge is 0.422 e. The first kappa shape index (κ1) is 20.7. The summed E-state index contributed by atoms with van der Waals surface area (Å²) >= 11 is 2.66. The van der Waals surface area contributed by atoms with Crippen molar-refractivity contribution in [2.75, 3.05) is 19.7 Å². The van der Waals surface area contributed by atoms with E-state index in [1.807, 2.05) is 12.3 Å². The van der Waals surface area contributed by atoms with Crippen molar-refractivity contribution in [2.45, 2.75) is 26.1 Å². The molecule has 152 valence electrons. The molecule has 1 saturated heterocycles. The van der Waals surface area contributed by atoms with Gasteiger partial charge < -0.3 is 14.7 Å².